The largest absolute Gasteiger partial charge is 0.377 e. The van der Waals surface area contributed by atoms with E-state index in [9.17, 15) is 4.39 Å². The molecule has 1 aromatic carbocycles. The minimum atomic E-state index is -0.178. The van der Waals surface area contributed by atoms with Crippen molar-refractivity contribution in [3.63, 3.8) is 0 Å². The highest BCUT2D eigenvalue weighted by Gasteiger charge is 1.99. The fourth-order valence-corrected chi connectivity index (χ4v) is 1.25. The second-order valence-electron chi connectivity index (χ2n) is 3.35. The van der Waals surface area contributed by atoms with Crippen molar-refractivity contribution in [2.75, 3.05) is 6.61 Å². The van der Waals surface area contributed by atoms with Gasteiger partial charge in [0.25, 0.3) is 0 Å². The average Bonchev–Trinajstić information content (AvgIpc) is 2.20. The highest BCUT2D eigenvalue weighted by atomic mass is 19.1. The van der Waals surface area contributed by atoms with Gasteiger partial charge in [-0.2, -0.15) is 0 Å². The predicted octanol–water partition coefficient (Wildman–Crippen LogP) is 3.53. The summed E-state index contributed by atoms with van der Waals surface area (Å²) < 4.78 is 18.4. The van der Waals surface area contributed by atoms with E-state index in [4.69, 9.17) is 4.74 Å². The van der Waals surface area contributed by atoms with Gasteiger partial charge in [0.15, 0.2) is 0 Å². The predicted molar refractivity (Wildman–Crippen MR) is 55.6 cm³/mol. The highest BCUT2D eigenvalue weighted by molar-refractivity contribution is 5.16. The molecule has 0 spiro atoms. The van der Waals surface area contributed by atoms with Crippen molar-refractivity contribution in [1.82, 2.24) is 0 Å². The van der Waals surface area contributed by atoms with Crippen LogP contribution in [0.1, 0.15) is 31.7 Å². The molecule has 0 aliphatic heterocycles. The zero-order valence-corrected chi connectivity index (χ0v) is 8.63. The van der Waals surface area contributed by atoms with Crippen LogP contribution in [0, 0.1) is 5.82 Å². The lowest BCUT2D eigenvalue weighted by atomic mass is 10.2. The minimum absolute atomic E-state index is 0.178. The summed E-state index contributed by atoms with van der Waals surface area (Å²) in [6, 6.07) is 6.74. The summed E-state index contributed by atoms with van der Waals surface area (Å²) in [5, 5.41) is 0. The lowest BCUT2D eigenvalue weighted by Crippen LogP contribution is -1.97. The van der Waals surface area contributed by atoms with E-state index in [1.54, 1.807) is 12.1 Å². The van der Waals surface area contributed by atoms with Gasteiger partial charge in [-0.1, -0.05) is 38.0 Å². The Morgan fingerprint density at radius 1 is 1.21 bits per heavy atom. The molecule has 0 saturated heterocycles. The maximum absolute atomic E-state index is 13.1. The molecule has 0 aliphatic carbocycles. The van der Waals surface area contributed by atoms with Crippen molar-refractivity contribution in [3.05, 3.63) is 35.6 Å². The molecule has 0 saturated carbocycles. The molecule has 0 amide bonds. The molecule has 1 rings (SSSR count). The maximum atomic E-state index is 13.1. The van der Waals surface area contributed by atoms with E-state index in [0.29, 0.717) is 12.2 Å². The van der Waals surface area contributed by atoms with Gasteiger partial charge in [-0.05, 0) is 12.5 Å². The second kappa shape index (κ2) is 6.55. The zero-order valence-electron chi connectivity index (χ0n) is 8.63. The summed E-state index contributed by atoms with van der Waals surface area (Å²) >= 11 is 0. The first-order valence-electron chi connectivity index (χ1n) is 5.15. The Hall–Kier alpha value is -0.890. The van der Waals surface area contributed by atoms with Crippen LogP contribution in [0.3, 0.4) is 0 Å². The summed E-state index contributed by atoms with van der Waals surface area (Å²) in [5.74, 6) is -0.178. The Bertz CT molecular complexity index is 260. The Kier molecular flexibility index (Phi) is 5.23. The van der Waals surface area contributed by atoms with Gasteiger partial charge >= 0.3 is 0 Å². The van der Waals surface area contributed by atoms with Gasteiger partial charge in [0.05, 0.1) is 6.61 Å². The third-order valence-electron chi connectivity index (χ3n) is 2.11. The van der Waals surface area contributed by atoms with E-state index in [1.807, 2.05) is 6.07 Å². The van der Waals surface area contributed by atoms with Gasteiger partial charge in [0.2, 0.25) is 0 Å². The molecule has 2 heteroatoms. The van der Waals surface area contributed by atoms with Crippen LogP contribution in [-0.4, -0.2) is 6.61 Å². The molecule has 78 valence electrons. The van der Waals surface area contributed by atoms with Crippen LogP contribution in [0.15, 0.2) is 24.3 Å². The summed E-state index contributed by atoms with van der Waals surface area (Å²) in [4.78, 5) is 0. The third-order valence-corrected chi connectivity index (χ3v) is 2.11. The Balaban J connectivity index is 2.21. The quantitative estimate of drug-likeness (QED) is 0.632. The second-order valence-corrected chi connectivity index (χ2v) is 3.35. The number of hydrogen-bond donors (Lipinski definition) is 0. The fourth-order valence-electron chi connectivity index (χ4n) is 1.25. The van der Waals surface area contributed by atoms with Gasteiger partial charge in [-0.3, -0.25) is 0 Å². The average molecular weight is 196 g/mol. The molecule has 0 bridgehead atoms. The first-order valence-corrected chi connectivity index (χ1v) is 5.15. The molecular weight excluding hydrogens is 179 g/mol. The maximum Gasteiger partial charge on any atom is 0.128 e. The van der Waals surface area contributed by atoms with Crippen molar-refractivity contribution < 1.29 is 9.13 Å². The number of benzene rings is 1. The molecule has 1 aromatic rings. The van der Waals surface area contributed by atoms with E-state index in [-0.39, 0.29) is 5.82 Å². The molecular formula is C12H17FO. The molecule has 14 heavy (non-hydrogen) atoms. The molecule has 0 atom stereocenters. The third kappa shape index (κ3) is 3.88. The van der Waals surface area contributed by atoms with Crippen molar-refractivity contribution in [3.8, 4) is 0 Å². The van der Waals surface area contributed by atoms with Gasteiger partial charge in [-0.25, -0.2) is 4.39 Å². The van der Waals surface area contributed by atoms with Crippen molar-refractivity contribution >= 4 is 0 Å². The van der Waals surface area contributed by atoms with E-state index in [1.165, 1.54) is 18.9 Å². The molecule has 0 radical (unpaired) electrons. The summed E-state index contributed by atoms with van der Waals surface area (Å²) in [7, 11) is 0. The number of hydrogen-bond acceptors (Lipinski definition) is 1. The fraction of sp³-hybridized carbons (Fsp3) is 0.500. The van der Waals surface area contributed by atoms with Crippen LogP contribution in [-0.2, 0) is 11.3 Å². The minimum Gasteiger partial charge on any atom is -0.377 e. The topological polar surface area (TPSA) is 9.23 Å². The van der Waals surface area contributed by atoms with Crippen LogP contribution in [0.25, 0.3) is 0 Å². The van der Waals surface area contributed by atoms with E-state index in [0.717, 1.165) is 13.0 Å². The highest BCUT2D eigenvalue weighted by Crippen LogP contribution is 2.07. The SMILES string of the molecule is CCCCCOCc1ccccc1F. The lowest BCUT2D eigenvalue weighted by Gasteiger charge is -2.04. The normalized spacial score (nSPS) is 10.4. The number of rotatable bonds is 6. The number of halogens is 1. The van der Waals surface area contributed by atoms with Crippen LogP contribution in [0.2, 0.25) is 0 Å². The first-order chi connectivity index (χ1) is 6.84. The summed E-state index contributed by atoms with van der Waals surface area (Å²) in [6.45, 7) is 3.26. The Morgan fingerprint density at radius 2 is 2.00 bits per heavy atom. The van der Waals surface area contributed by atoms with Crippen LogP contribution in [0.4, 0.5) is 4.39 Å². The summed E-state index contributed by atoms with van der Waals surface area (Å²) in [6.07, 6.45) is 3.42. The smallest absolute Gasteiger partial charge is 0.128 e. The lowest BCUT2D eigenvalue weighted by molar-refractivity contribution is 0.115. The van der Waals surface area contributed by atoms with Gasteiger partial charge in [-0.15, -0.1) is 0 Å². The van der Waals surface area contributed by atoms with Crippen molar-refractivity contribution in [2.45, 2.75) is 32.8 Å². The van der Waals surface area contributed by atoms with Gasteiger partial charge < -0.3 is 4.74 Å². The molecule has 0 fully saturated rings. The molecule has 0 aliphatic rings. The molecule has 0 unspecified atom stereocenters. The zero-order chi connectivity index (χ0) is 10.2. The van der Waals surface area contributed by atoms with Crippen molar-refractivity contribution in [2.24, 2.45) is 0 Å². The van der Waals surface area contributed by atoms with Crippen LogP contribution >= 0.6 is 0 Å². The Labute approximate surface area is 84.9 Å². The van der Waals surface area contributed by atoms with Crippen LogP contribution < -0.4 is 0 Å². The molecule has 0 N–H and O–H groups in total. The summed E-state index contributed by atoms with van der Waals surface area (Å²) in [5.41, 5.74) is 0.643. The molecule has 0 heterocycles. The molecule has 1 nitrogen and oxygen atoms in total. The number of ether oxygens (including phenoxy) is 1. The number of unbranched alkanes of at least 4 members (excludes halogenated alkanes) is 2. The van der Waals surface area contributed by atoms with E-state index in [2.05, 4.69) is 6.92 Å². The van der Waals surface area contributed by atoms with Gasteiger partial charge in [0.1, 0.15) is 5.82 Å². The Morgan fingerprint density at radius 3 is 2.71 bits per heavy atom. The van der Waals surface area contributed by atoms with E-state index >= 15 is 0 Å². The van der Waals surface area contributed by atoms with Gasteiger partial charge in [0, 0.05) is 12.2 Å². The monoisotopic (exact) mass is 196 g/mol. The standard InChI is InChI=1S/C12H17FO/c1-2-3-6-9-14-10-11-7-4-5-8-12(11)13/h4-5,7-8H,2-3,6,9-10H2,1H3. The van der Waals surface area contributed by atoms with Crippen LogP contribution in [0.5, 0.6) is 0 Å². The first kappa shape index (κ1) is 11.2. The van der Waals surface area contributed by atoms with E-state index < -0.39 is 0 Å². The molecule has 0 aromatic heterocycles. The van der Waals surface area contributed by atoms with Crippen molar-refractivity contribution in [1.29, 1.82) is 0 Å².